The third kappa shape index (κ3) is 3.78. The van der Waals surface area contributed by atoms with Gasteiger partial charge in [0.05, 0.1) is 10.6 Å². The van der Waals surface area contributed by atoms with Gasteiger partial charge in [0, 0.05) is 9.79 Å². The van der Waals surface area contributed by atoms with Crippen molar-refractivity contribution < 1.29 is 4.74 Å². The Morgan fingerprint density at radius 1 is 0.840 bits per heavy atom. The predicted octanol–water partition coefficient (Wildman–Crippen LogP) is 6.03. The molecular weight excluding hydrogens is 352 g/mol. The summed E-state index contributed by atoms with van der Waals surface area (Å²) >= 11 is 7.78. The van der Waals surface area contributed by atoms with Crippen molar-refractivity contribution in [2.45, 2.75) is 9.79 Å². The van der Waals surface area contributed by atoms with Gasteiger partial charge < -0.3 is 4.74 Å². The highest BCUT2D eigenvalue weighted by molar-refractivity contribution is 7.99. The number of hydrogen-bond acceptors (Lipinski definition) is 4. The molecular formula is C20H11ClN2OS. The Morgan fingerprint density at radius 3 is 2.04 bits per heavy atom. The van der Waals surface area contributed by atoms with Crippen LogP contribution in [0.25, 0.3) is 0 Å². The molecule has 0 spiro atoms. The van der Waals surface area contributed by atoms with Crippen molar-refractivity contribution in [3.63, 3.8) is 0 Å². The minimum Gasteiger partial charge on any atom is -0.456 e. The lowest BCUT2D eigenvalue weighted by Crippen LogP contribution is -1.95. The van der Waals surface area contributed by atoms with Crippen LogP contribution in [0.1, 0.15) is 11.1 Å². The van der Waals surface area contributed by atoms with Crippen LogP contribution in [-0.4, -0.2) is 0 Å². The molecule has 0 saturated heterocycles. The summed E-state index contributed by atoms with van der Waals surface area (Å²) in [6, 6.07) is 24.5. The molecule has 0 aliphatic heterocycles. The Labute approximate surface area is 155 Å². The molecule has 0 aromatic heterocycles. The molecule has 0 atom stereocenters. The van der Waals surface area contributed by atoms with Crippen LogP contribution in [0.5, 0.6) is 11.5 Å². The second kappa shape index (κ2) is 7.77. The van der Waals surface area contributed by atoms with Crippen LogP contribution in [0.15, 0.2) is 76.5 Å². The lowest BCUT2D eigenvalue weighted by molar-refractivity contribution is 0.479. The molecule has 120 valence electrons. The van der Waals surface area contributed by atoms with E-state index in [4.69, 9.17) is 16.3 Å². The van der Waals surface area contributed by atoms with Gasteiger partial charge in [-0.15, -0.1) is 0 Å². The van der Waals surface area contributed by atoms with Crippen LogP contribution in [0.2, 0.25) is 5.02 Å². The van der Waals surface area contributed by atoms with Crippen LogP contribution >= 0.6 is 23.4 Å². The van der Waals surface area contributed by atoms with Crippen LogP contribution in [0.4, 0.5) is 0 Å². The predicted molar refractivity (Wildman–Crippen MR) is 98.0 cm³/mol. The number of para-hydroxylation sites is 1. The van der Waals surface area contributed by atoms with Crippen molar-refractivity contribution in [1.29, 1.82) is 10.5 Å². The number of rotatable bonds is 4. The molecule has 0 unspecified atom stereocenters. The molecule has 25 heavy (non-hydrogen) atoms. The number of nitrogens with zero attached hydrogens (tertiary/aromatic N) is 2. The van der Waals surface area contributed by atoms with Crippen molar-refractivity contribution in [2.24, 2.45) is 0 Å². The van der Waals surface area contributed by atoms with E-state index in [1.54, 1.807) is 18.2 Å². The fraction of sp³-hybridized carbons (Fsp3) is 0. The summed E-state index contributed by atoms with van der Waals surface area (Å²) in [5.41, 5.74) is 0.254. The topological polar surface area (TPSA) is 56.8 Å². The summed E-state index contributed by atoms with van der Waals surface area (Å²) in [6.45, 7) is 0. The minimum absolute atomic E-state index is 0.121. The molecule has 0 heterocycles. The fourth-order valence-corrected chi connectivity index (χ4v) is 3.42. The SMILES string of the molecule is N#Cc1c(Oc2ccccc2)cc(Sc2ccccc2)c(Cl)c1C#N. The van der Waals surface area contributed by atoms with Gasteiger partial charge in [0.15, 0.2) is 0 Å². The maximum absolute atomic E-state index is 9.47. The van der Waals surface area contributed by atoms with Crippen LogP contribution in [0.3, 0.4) is 0 Å². The van der Waals surface area contributed by atoms with Gasteiger partial charge in [-0.2, -0.15) is 10.5 Å². The number of halogens is 1. The second-order valence-corrected chi connectivity index (χ2v) is 6.48. The Bertz CT molecular complexity index is 977. The average Bonchev–Trinajstić information content (AvgIpc) is 2.65. The third-order valence-corrected chi connectivity index (χ3v) is 4.91. The monoisotopic (exact) mass is 362 g/mol. The highest BCUT2D eigenvalue weighted by Crippen LogP contribution is 2.41. The average molecular weight is 363 g/mol. The Morgan fingerprint density at radius 2 is 1.44 bits per heavy atom. The van der Waals surface area contributed by atoms with Gasteiger partial charge in [-0.3, -0.25) is 0 Å². The number of benzene rings is 3. The molecule has 5 heteroatoms. The van der Waals surface area contributed by atoms with E-state index >= 15 is 0 Å². The van der Waals surface area contributed by atoms with Gasteiger partial charge in [0.2, 0.25) is 0 Å². The van der Waals surface area contributed by atoms with E-state index in [2.05, 4.69) is 0 Å². The van der Waals surface area contributed by atoms with E-state index in [1.807, 2.05) is 60.7 Å². The van der Waals surface area contributed by atoms with Crippen molar-refractivity contribution in [1.82, 2.24) is 0 Å². The summed E-state index contributed by atoms with van der Waals surface area (Å²) in [5, 5.41) is 19.2. The van der Waals surface area contributed by atoms with Gasteiger partial charge in [0.1, 0.15) is 29.2 Å². The highest BCUT2D eigenvalue weighted by Gasteiger charge is 2.19. The summed E-state index contributed by atoms with van der Waals surface area (Å²) in [6.07, 6.45) is 0. The molecule has 0 aliphatic carbocycles. The van der Waals surface area contributed by atoms with Crippen molar-refractivity contribution in [3.05, 3.63) is 82.9 Å². The molecule has 0 saturated carbocycles. The highest BCUT2D eigenvalue weighted by atomic mass is 35.5. The first-order valence-electron chi connectivity index (χ1n) is 7.35. The molecule has 0 radical (unpaired) electrons. The van der Waals surface area contributed by atoms with Crippen molar-refractivity contribution >= 4 is 23.4 Å². The zero-order valence-corrected chi connectivity index (χ0v) is 14.5. The van der Waals surface area contributed by atoms with Crippen LogP contribution in [0, 0.1) is 22.7 Å². The molecule has 3 rings (SSSR count). The van der Waals surface area contributed by atoms with Crippen LogP contribution in [-0.2, 0) is 0 Å². The van der Waals surface area contributed by atoms with E-state index in [0.717, 1.165) is 4.90 Å². The fourth-order valence-electron chi connectivity index (χ4n) is 2.21. The van der Waals surface area contributed by atoms with Gasteiger partial charge in [0.25, 0.3) is 0 Å². The number of hydrogen-bond donors (Lipinski definition) is 0. The quantitative estimate of drug-likeness (QED) is 0.568. The summed E-state index contributed by atoms with van der Waals surface area (Å²) < 4.78 is 5.83. The normalized spacial score (nSPS) is 9.88. The van der Waals surface area contributed by atoms with Crippen molar-refractivity contribution in [3.8, 4) is 23.6 Å². The van der Waals surface area contributed by atoms with Crippen molar-refractivity contribution in [2.75, 3.05) is 0 Å². The molecule has 3 nitrogen and oxygen atoms in total. The first kappa shape index (κ1) is 16.9. The molecule has 0 amide bonds. The van der Waals surface area contributed by atoms with E-state index < -0.39 is 0 Å². The molecule has 0 bridgehead atoms. The molecule has 3 aromatic rings. The maximum Gasteiger partial charge on any atom is 0.147 e. The zero-order valence-electron chi connectivity index (χ0n) is 12.9. The van der Waals surface area contributed by atoms with Gasteiger partial charge in [-0.25, -0.2) is 0 Å². The van der Waals surface area contributed by atoms with E-state index in [-0.39, 0.29) is 16.1 Å². The molecule has 0 aliphatic rings. The largest absolute Gasteiger partial charge is 0.456 e. The van der Waals surface area contributed by atoms with Crippen LogP contribution < -0.4 is 4.74 Å². The summed E-state index contributed by atoms with van der Waals surface area (Å²) in [5.74, 6) is 0.897. The minimum atomic E-state index is 0.121. The van der Waals surface area contributed by atoms with Gasteiger partial charge in [-0.05, 0) is 30.3 Å². The second-order valence-electron chi connectivity index (χ2n) is 4.99. The lowest BCUT2D eigenvalue weighted by atomic mass is 10.1. The van der Waals surface area contributed by atoms with E-state index in [9.17, 15) is 10.5 Å². The summed E-state index contributed by atoms with van der Waals surface area (Å²) in [4.78, 5) is 1.64. The van der Waals surface area contributed by atoms with Gasteiger partial charge in [-0.1, -0.05) is 59.8 Å². The van der Waals surface area contributed by atoms with Gasteiger partial charge >= 0.3 is 0 Å². The smallest absolute Gasteiger partial charge is 0.147 e. The lowest BCUT2D eigenvalue weighted by Gasteiger charge is -2.13. The Kier molecular flexibility index (Phi) is 5.26. The maximum atomic E-state index is 9.47. The number of ether oxygens (including phenoxy) is 1. The first-order valence-corrected chi connectivity index (χ1v) is 8.55. The third-order valence-electron chi connectivity index (χ3n) is 3.36. The molecule has 3 aromatic carbocycles. The Hall–Kier alpha value is -2.92. The molecule has 0 N–H and O–H groups in total. The zero-order chi connectivity index (χ0) is 17.6. The standard InChI is InChI=1S/C20H11ClN2OS/c21-20-17(13-23)16(12-22)18(24-14-7-3-1-4-8-14)11-19(20)25-15-9-5-2-6-10-15/h1-11H. The summed E-state index contributed by atoms with van der Waals surface area (Å²) in [7, 11) is 0. The first-order chi connectivity index (χ1) is 12.2. The Balaban J connectivity index is 2.09. The van der Waals surface area contributed by atoms with E-state index in [1.165, 1.54) is 11.8 Å². The number of nitriles is 2. The van der Waals surface area contributed by atoms with E-state index in [0.29, 0.717) is 16.4 Å². The molecule has 0 fully saturated rings.